The largest absolute Gasteiger partial charge is 0.507 e. The number of phenolic OH excluding ortho intramolecular Hbond substituents is 1. The van der Waals surface area contributed by atoms with E-state index in [1.807, 2.05) is 35.7 Å². The van der Waals surface area contributed by atoms with Crippen LogP contribution >= 0.6 is 11.5 Å². The Morgan fingerprint density at radius 1 is 1.11 bits per heavy atom. The van der Waals surface area contributed by atoms with E-state index in [2.05, 4.69) is 14.9 Å². The summed E-state index contributed by atoms with van der Waals surface area (Å²) in [6.07, 6.45) is 0. The van der Waals surface area contributed by atoms with Crippen LogP contribution in [-0.2, 0) is 6.54 Å². The van der Waals surface area contributed by atoms with Crippen LogP contribution in [0.4, 0.5) is 5.69 Å². The topological polar surface area (TPSA) is 58.0 Å². The Balaban J connectivity index is 1.94. The Morgan fingerprint density at radius 2 is 1.94 bits per heavy atom. The van der Waals surface area contributed by atoms with Gasteiger partial charge >= 0.3 is 0 Å². The van der Waals surface area contributed by atoms with E-state index in [0.29, 0.717) is 12.3 Å². The van der Waals surface area contributed by atoms with Gasteiger partial charge in [-0.2, -0.15) is 0 Å². The molecule has 0 saturated carbocycles. The summed E-state index contributed by atoms with van der Waals surface area (Å²) in [4.78, 5) is 0. The smallest absolute Gasteiger partial charge is 0.123 e. The third kappa shape index (κ3) is 2.00. The van der Waals surface area contributed by atoms with E-state index in [9.17, 15) is 5.11 Å². The average Bonchev–Trinajstić information content (AvgIpc) is 2.90. The molecule has 3 aromatic rings. The third-order valence-corrected chi connectivity index (χ3v) is 3.32. The van der Waals surface area contributed by atoms with E-state index in [1.54, 1.807) is 6.07 Å². The molecule has 3 rings (SSSR count). The van der Waals surface area contributed by atoms with Crippen molar-refractivity contribution in [3.8, 4) is 5.75 Å². The first kappa shape index (κ1) is 11.0. The molecule has 2 aromatic carbocycles. The highest BCUT2D eigenvalue weighted by atomic mass is 32.1. The van der Waals surface area contributed by atoms with E-state index in [1.165, 1.54) is 11.5 Å². The molecular formula is C13H11N3OS. The number of hydrogen-bond donors (Lipinski definition) is 2. The van der Waals surface area contributed by atoms with Crippen molar-refractivity contribution < 1.29 is 5.11 Å². The van der Waals surface area contributed by atoms with Gasteiger partial charge < -0.3 is 10.4 Å². The quantitative estimate of drug-likeness (QED) is 0.757. The summed E-state index contributed by atoms with van der Waals surface area (Å²) in [6, 6.07) is 11.3. The number of aromatic hydroxyl groups is 1. The maximum atomic E-state index is 9.80. The summed E-state index contributed by atoms with van der Waals surface area (Å²) in [6.45, 7) is 0.630. The van der Waals surface area contributed by atoms with Gasteiger partial charge in [0, 0.05) is 21.8 Å². The van der Waals surface area contributed by atoms with Crippen LogP contribution in [0, 0.1) is 0 Å². The minimum atomic E-state index is 0.298. The van der Waals surface area contributed by atoms with Gasteiger partial charge in [-0.05, 0) is 23.7 Å². The summed E-state index contributed by atoms with van der Waals surface area (Å²) >= 11 is 1.34. The molecule has 4 nitrogen and oxygen atoms in total. The van der Waals surface area contributed by atoms with Crippen LogP contribution in [0.5, 0.6) is 5.75 Å². The van der Waals surface area contributed by atoms with Gasteiger partial charge in [0.25, 0.3) is 0 Å². The van der Waals surface area contributed by atoms with E-state index in [-0.39, 0.29) is 0 Å². The van der Waals surface area contributed by atoms with Gasteiger partial charge in [-0.1, -0.05) is 28.8 Å². The maximum Gasteiger partial charge on any atom is 0.123 e. The second-order valence-corrected chi connectivity index (χ2v) is 4.54. The fraction of sp³-hybridized carbons (Fsp3) is 0.0769. The van der Waals surface area contributed by atoms with Gasteiger partial charge in [0.15, 0.2) is 0 Å². The molecule has 0 atom stereocenters. The van der Waals surface area contributed by atoms with Gasteiger partial charge in [-0.3, -0.25) is 0 Å². The average molecular weight is 257 g/mol. The van der Waals surface area contributed by atoms with Crippen molar-refractivity contribution in [3.63, 3.8) is 0 Å². The minimum Gasteiger partial charge on any atom is -0.507 e. The van der Waals surface area contributed by atoms with E-state index >= 15 is 0 Å². The van der Waals surface area contributed by atoms with E-state index in [0.717, 1.165) is 22.2 Å². The lowest BCUT2D eigenvalue weighted by atomic mass is 10.1. The number of hydrogen-bond acceptors (Lipinski definition) is 5. The molecule has 0 spiro atoms. The first-order valence-corrected chi connectivity index (χ1v) is 6.39. The van der Waals surface area contributed by atoms with Crippen LogP contribution in [0.25, 0.3) is 10.8 Å². The minimum absolute atomic E-state index is 0.298. The lowest BCUT2D eigenvalue weighted by molar-refractivity contribution is 0.481. The number of nitrogens with one attached hydrogen (secondary N) is 1. The van der Waals surface area contributed by atoms with Crippen molar-refractivity contribution in [2.45, 2.75) is 6.54 Å². The van der Waals surface area contributed by atoms with Crippen molar-refractivity contribution in [1.29, 1.82) is 0 Å². The maximum absolute atomic E-state index is 9.80. The van der Waals surface area contributed by atoms with Crippen molar-refractivity contribution in [2.24, 2.45) is 0 Å². The molecule has 0 unspecified atom stereocenters. The van der Waals surface area contributed by atoms with Crippen LogP contribution in [-0.4, -0.2) is 14.7 Å². The normalized spacial score (nSPS) is 10.7. The molecule has 1 heterocycles. The third-order valence-electron chi connectivity index (χ3n) is 2.76. The van der Waals surface area contributed by atoms with Gasteiger partial charge in [0.2, 0.25) is 0 Å². The van der Waals surface area contributed by atoms with E-state index < -0.39 is 0 Å². The van der Waals surface area contributed by atoms with Gasteiger partial charge in [0.05, 0.1) is 12.2 Å². The van der Waals surface area contributed by atoms with Crippen molar-refractivity contribution >= 4 is 28.0 Å². The van der Waals surface area contributed by atoms with Gasteiger partial charge in [-0.25, -0.2) is 0 Å². The molecule has 0 aliphatic heterocycles. The molecule has 0 bridgehead atoms. The zero-order valence-corrected chi connectivity index (χ0v) is 10.3. The molecule has 0 fully saturated rings. The Hall–Kier alpha value is -2.14. The van der Waals surface area contributed by atoms with Crippen LogP contribution in [0.3, 0.4) is 0 Å². The lowest BCUT2D eigenvalue weighted by Crippen LogP contribution is -2.00. The van der Waals surface area contributed by atoms with E-state index in [4.69, 9.17) is 0 Å². The number of benzene rings is 2. The second kappa shape index (κ2) is 4.62. The lowest BCUT2D eigenvalue weighted by Gasteiger charge is -2.09. The highest BCUT2D eigenvalue weighted by molar-refractivity contribution is 7.03. The summed E-state index contributed by atoms with van der Waals surface area (Å²) < 4.78 is 3.82. The molecule has 0 radical (unpaired) electrons. The molecule has 5 heteroatoms. The van der Waals surface area contributed by atoms with Crippen LogP contribution in [0.2, 0.25) is 0 Å². The fourth-order valence-electron chi connectivity index (χ4n) is 1.89. The number of nitrogens with zero attached hydrogens (tertiary/aromatic N) is 2. The van der Waals surface area contributed by atoms with Crippen molar-refractivity contribution in [3.05, 3.63) is 47.5 Å². The predicted octanol–water partition coefficient (Wildman–Crippen LogP) is 3.01. The Bertz CT molecular complexity index is 667. The monoisotopic (exact) mass is 257 g/mol. The number of aromatic nitrogens is 2. The predicted molar refractivity (Wildman–Crippen MR) is 72.8 cm³/mol. The second-order valence-electron chi connectivity index (χ2n) is 3.93. The summed E-state index contributed by atoms with van der Waals surface area (Å²) in [5.74, 6) is 0.298. The van der Waals surface area contributed by atoms with Crippen molar-refractivity contribution in [1.82, 2.24) is 9.59 Å². The SMILES string of the molecule is Oc1cccc2c(NCc3csnn3)cccc12. The highest BCUT2D eigenvalue weighted by Crippen LogP contribution is 2.29. The van der Waals surface area contributed by atoms with Crippen LogP contribution < -0.4 is 5.32 Å². The first-order chi connectivity index (χ1) is 8.84. The number of phenols is 1. The molecule has 0 saturated heterocycles. The van der Waals surface area contributed by atoms with Crippen LogP contribution in [0.15, 0.2) is 41.8 Å². The number of fused-ring (bicyclic) bond motifs is 1. The zero-order chi connectivity index (χ0) is 12.4. The summed E-state index contributed by atoms with van der Waals surface area (Å²) in [5, 5.41) is 20.9. The van der Waals surface area contributed by atoms with Crippen LogP contribution in [0.1, 0.15) is 5.69 Å². The molecule has 0 amide bonds. The Kier molecular flexibility index (Phi) is 2.82. The molecule has 90 valence electrons. The molecule has 18 heavy (non-hydrogen) atoms. The number of rotatable bonds is 3. The zero-order valence-electron chi connectivity index (χ0n) is 9.50. The standard InChI is InChI=1S/C13H11N3OS/c17-13-6-2-3-10-11(13)4-1-5-12(10)14-7-9-8-18-16-15-9/h1-6,8,14,17H,7H2. The van der Waals surface area contributed by atoms with Crippen molar-refractivity contribution in [2.75, 3.05) is 5.32 Å². The molecule has 0 aliphatic rings. The highest BCUT2D eigenvalue weighted by Gasteiger charge is 2.04. The fourth-order valence-corrected chi connectivity index (χ4v) is 2.35. The molecule has 1 aromatic heterocycles. The molecule has 2 N–H and O–H groups in total. The summed E-state index contributed by atoms with van der Waals surface area (Å²) in [7, 11) is 0. The first-order valence-electron chi connectivity index (χ1n) is 5.55. The molecular weight excluding hydrogens is 246 g/mol. The van der Waals surface area contributed by atoms with Gasteiger partial charge in [0.1, 0.15) is 5.75 Å². The summed E-state index contributed by atoms with van der Waals surface area (Å²) in [5.41, 5.74) is 1.90. The Labute approximate surface area is 108 Å². The number of anilines is 1. The van der Waals surface area contributed by atoms with Gasteiger partial charge in [-0.15, -0.1) is 5.10 Å². The molecule has 0 aliphatic carbocycles. The Morgan fingerprint density at radius 3 is 2.78 bits per heavy atom.